The third-order valence-corrected chi connectivity index (χ3v) is 17.0. The number of pyridine rings is 1. The minimum atomic E-state index is -0.198. The number of nitrogens with zero attached hydrogens (tertiary/aromatic N) is 6. The third-order valence-electron chi connectivity index (χ3n) is 15.5. The van der Waals surface area contributed by atoms with E-state index >= 15 is 0 Å². The number of methoxy groups -OCH3 is 2. The van der Waals surface area contributed by atoms with Crippen molar-refractivity contribution in [1.82, 2.24) is 35.3 Å². The number of nitriles is 1. The molecule has 2 amide bonds. The Balaban J connectivity index is 0.648. The smallest absolute Gasteiger partial charge is 0.237 e. The van der Waals surface area contributed by atoms with E-state index in [4.69, 9.17) is 51.6 Å². The summed E-state index contributed by atoms with van der Waals surface area (Å²) >= 11 is 14.4. The number of rotatable bonds is 35. The number of hydrogen-bond donors (Lipinski definition) is 3. The zero-order chi connectivity index (χ0) is 59.0. The van der Waals surface area contributed by atoms with Gasteiger partial charge in [-0.2, -0.15) is 5.26 Å². The van der Waals surface area contributed by atoms with Gasteiger partial charge in [-0.15, -0.1) is 11.3 Å². The summed E-state index contributed by atoms with van der Waals surface area (Å²) in [5.74, 6) is 1.70. The van der Waals surface area contributed by atoms with Crippen molar-refractivity contribution in [2.75, 3.05) is 118 Å². The van der Waals surface area contributed by atoms with Gasteiger partial charge >= 0.3 is 0 Å². The highest BCUT2D eigenvalue weighted by molar-refractivity contribution is 7.13. The van der Waals surface area contributed by atoms with Gasteiger partial charge in [0.2, 0.25) is 11.8 Å². The quantitative estimate of drug-likeness (QED) is 0.0325. The fourth-order valence-corrected chi connectivity index (χ4v) is 11.8. The van der Waals surface area contributed by atoms with Crippen LogP contribution in [0.5, 0.6) is 17.2 Å². The lowest BCUT2D eigenvalue weighted by Crippen LogP contribution is -2.53. The first-order valence-electron chi connectivity index (χ1n) is 29.6. The number of likely N-dealkylation sites (tertiary alicyclic amines) is 1. The Morgan fingerprint density at radius 2 is 1.43 bits per heavy atom. The Kier molecular flexibility index (Phi) is 26.7. The molecule has 5 aromatic rings. The van der Waals surface area contributed by atoms with Gasteiger partial charge in [-0.25, -0.2) is 4.98 Å². The summed E-state index contributed by atoms with van der Waals surface area (Å²) in [5.41, 5.74) is 7.00. The molecule has 17 nitrogen and oxygen atoms in total. The molecule has 3 N–H and O–H groups in total. The molecule has 20 heteroatoms. The van der Waals surface area contributed by atoms with Crippen LogP contribution < -0.4 is 30.2 Å². The van der Waals surface area contributed by atoms with Crippen LogP contribution in [-0.4, -0.2) is 161 Å². The maximum Gasteiger partial charge on any atom is 0.237 e. The maximum atomic E-state index is 13.4. The van der Waals surface area contributed by atoms with Crippen LogP contribution in [0.1, 0.15) is 108 Å². The number of nitrogens with one attached hydrogen (secondary N) is 3. The minimum absolute atomic E-state index is 0.0484. The standard InChI is InChI=1S/C63H87Cl2N9O8S/c1-45-61(83-44-69-45)47-20-18-46(19-21-47)41-68-62(76)54-16-14-24-74(54)43-58(63(2,3)4)71-59(75)17-10-9-13-30-80-33-35-81-34-32-79-29-12-8-7-11-22-72-25-27-73(28-26-72)23-15-31-82-57-38-52-49(36-56(57)78-6)60(48(40-66)42-67-52)70-53-39-55(77-5)51(65)37-50(53)64/h18-21,36-39,42,44,54,58H,7-17,22-35,41,43H2,1-6H3,(H,67,70)(H,68,76)(H,71,75)/t54-,58+/m0/s1. The van der Waals surface area contributed by atoms with Crippen molar-refractivity contribution in [3.63, 3.8) is 0 Å². The molecule has 452 valence electrons. The van der Waals surface area contributed by atoms with Gasteiger partial charge in [-0.05, 0) is 93.6 Å². The van der Waals surface area contributed by atoms with Crippen LogP contribution in [0.25, 0.3) is 21.3 Å². The van der Waals surface area contributed by atoms with E-state index < -0.39 is 0 Å². The molecule has 83 heavy (non-hydrogen) atoms. The number of halogens is 2. The van der Waals surface area contributed by atoms with Crippen molar-refractivity contribution in [2.24, 2.45) is 5.41 Å². The highest BCUT2D eigenvalue weighted by Gasteiger charge is 2.36. The van der Waals surface area contributed by atoms with Gasteiger partial charge in [0, 0.05) is 95.2 Å². The van der Waals surface area contributed by atoms with Gasteiger partial charge in [0.05, 0.1) is 102 Å². The molecule has 0 saturated carbocycles. The lowest BCUT2D eigenvalue weighted by atomic mass is 9.86. The second kappa shape index (κ2) is 34.0. The van der Waals surface area contributed by atoms with Gasteiger partial charge in [-0.1, -0.05) is 87.5 Å². The predicted molar refractivity (Wildman–Crippen MR) is 332 cm³/mol. The lowest BCUT2D eigenvalue weighted by molar-refractivity contribution is -0.126. The molecule has 0 radical (unpaired) electrons. The molecule has 2 aliphatic heterocycles. The fourth-order valence-electron chi connectivity index (χ4n) is 10.5. The van der Waals surface area contributed by atoms with Crippen LogP contribution in [0.3, 0.4) is 0 Å². The first-order chi connectivity index (χ1) is 40.2. The number of fused-ring (bicyclic) bond motifs is 1. The molecule has 3 aromatic carbocycles. The van der Waals surface area contributed by atoms with E-state index in [0.717, 1.165) is 121 Å². The first-order valence-corrected chi connectivity index (χ1v) is 31.2. The monoisotopic (exact) mass is 1200 g/mol. The highest BCUT2D eigenvalue weighted by Crippen LogP contribution is 2.41. The second-order valence-electron chi connectivity index (χ2n) is 22.5. The zero-order valence-electron chi connectivity index (χ0n) is 49.6. The average molecular weight is 1200 g/mol. The lowest BCUT2D eigenvalue weighted by Gasteiger charge is -2.36. The number of aromatic nitrogens is 2. The van der Waals surface area contributed by atoms with Gasteiger partial charge in [0.15, 0.2) is 11.5 Å². The molecular formula is C63H87Cl2N9O8S. The minimum Gasteiger partial charge on any atom is -0.495 e. The third kappa shape index (κ3) is 20.4. The number of aryl methyl sites for hydroxylation is 1. The van der Waals surface area contributed by atoms with Gasteiger partial charge in [-0.3, -0.25) is 19.5 Å². The van der Waals surface area contributed by atoms with Gasteiger partial charge in [0.25, 0.3) is 0 Å². The Morgan fingerprint density at radius 3 is 2.08 bits per heavy atom. The number of ether oxygens (including phenoxy) is 6. The summed E-state index contributed by atoms with van der Waals surface area (Å²) in [6, 6.07) is 17.2. The molecule has 2 fully saturated rings. The molecular weight excluding hydrogens is 1110 g/mol. The molecule has 2 aliphatic rings. The van der Waals surface area contributed by atoms with Crippen LogP contribution in [0, 0.1) is 23.7 Å². The van der Waals surface area contributed by atoms with E-state index in [2.05, 4.69) is 91.7 Å². The van der Waals surface area contributed by atoms with Crippen LogP contribution >= 0.6 is 34.5 Å². The number of unbranched alkanes of at least 4 members (excludes halogenated alkanes) is 5. The molecule has 0 bridgehead atoms. The summed E-state index contributed by atoms with van der Waals surface area (Å²) in [4.78, 5) is 44.0. The van der Waals surface area contributed by atoms with E-state index in [1.165, 1.54) is 31.0 Å². The van der Waals surface area contributed by atoms with E-state index in [1.54, 1.807) is 30.6 Å². The molecule has 0 aliphatic carbocycles. The van der Waals surface area contributed by atoms with Crippen LogP contribution in [0.4, 0.5) is 11.4 Å². The van der Waals surface area contributed by atoms with E-state index in [1.807, 2.05) is 24.6 Å². The van der Waals surface area contributed by atoms with Gasteiger partial charge < -0.3 is 54.2 Å². The Bertz CT molecular complexity index is 2860. The first kappa shape index (κ1) is 65.2. The van der Waals surface area contributed by atoms with E-state index in [0.29, 0.717) is 114 Å². The molecule has 4 heterocycles. The Labute approximate surface area is 506 Å². The molecule has 2 atom stereocenters. The number of thiazole rings is 1. The average Bonchev–Trinajstić information content (AvgIpc) is 4.18. The fraction of sp³-hybridized carbons (Fsp3) is 0.571. The second-order valence-corrected chi connectivity index (χ2v) is 24.2. The number of hydrogen-bond acceptors (Lipinski definition) is 16. The molecule has 7 rings (SSSR count). The van der Waals surface area contributed by atoms with Crippen molar-refractivity contribution < 1.29 is 38.0 Å². The van der Waals surface area contributed by atoms with Crippen molar-refractivity contribution in [2.45, 2.75) is 117 Å². The van der Waals surface area contributed by atoms with Gasteiger partial charge in [0.1, 0.15) is 11.8 Å². The number of amides is 2. The molecule has 2 saturated heterocycles. The van der Waals surface area contributed by atoms with Crippen molar-refractivity contribution in [1.29, 1.82) is 5.26 Å². The number of piperazine rings is 1. The van der Waals surface area contributed by atoms with Crippen LogP contribution in [0.2, 0.25) is 10.0 Å². The zero-order valence-corrected chi connectivity index (χ0v) is 52.0. The highest BCUT2D eigenvalue weighted by atomic mass is 35.5. The van der Waals surface area contributed by atoms with Crippen LogP contribution in [-0.2, 0) is 30.3 Å². The van der Waals surface area contributed by atoms with E-state index in [9.17, 15) is 14.9 Å². The van der Waals surface area contributed by atoms with Crippen molar-refractivity contribution in [3.8, 4) is 33.8 Å². The van der Waals surface area contributed by atoms with E-state index in [-0.39, 0.29) is 29.3 Å². The summed E-state index contributed by atoms with van der Waals surface area (Å²) < 4.78 is 34.7. The topological polar surface area (TPSA) is 185 Å². The number of carbonyl (C=O) groups excluding carboxylic acids is 2. The summed E-state index contributed by atoms with van der Waals surface area (Å²) in [6.07, 6.45) is 11.9. The Morgan fingerprint density at radius 1 is 0.771 bits per heavy atom. The molecule has 2 aromatic heterocycles. The van der Waals surface area contributed by atoms with Crippen molar-refractivity contribution >= 4 is 68.6 Å². The normalized spacial score (nSPS) is 15.5. The van der Waals surface area contributed by atoms with Crippen LogP contribution in [0.15, 0.2) is 60.2 Å². The number of carbonyl (C=O) groups is 2. The SMILES string of the molecule is COc1cc(Nc2c(C#N)cnc3cc(OCCCN4CCN(CCCCCCOCCOCCOCCCCCC(=O)N[C@H](CN5CCC[C@H]5C(=O)NCc5ccc(-c6scnc6C)cc5)C(C)(C)C)CC4)c(OC)cc23)c(Cl)cc1Cl. The predicted octanol–water partition coefficient (Wildman–Crippen LogP) is 11.5. The van der Waals surface area contributed by atoms with Crippen molar-refractivity contribution in [3.05, 3.63) is 87.1 Å². The largest absolute Gasteiger partial charge is 0.495 e. The number of anilines is 2. The summed E-state index contributed by atoms with van der Waals surface area (Å²) in [7, 11) is 3.13. The maximum absolute atomic E-state index is 13.4. The molecule has 0 unspecified atom stereocenters. The summed E-state index contributed by atoms with van der Waals surface area (Å²) in [5, 5.41) is 21.2. The molecule has 0 spiro atoms. The number of benzene rings is 3. The summed E-state index contributed by atoms with van der Waals surface area (Å²) in [6.45, 7) is 21.0. The Hall–Kier alpha value is -5.33.